The number of benzene rings is 1. The normalized spacial score (nSPS) is 14.1. The lowest BCUT2D eigenvalue weighted by Gasteiger charge is -2.17. The van der Waals surface area contributed by atoms with Gasteiger partial charge in [-0.25, -0.2) is 0 Å². The van der Waals surface area contributed by atoms with Crippen molar-refractivity contribution in [1.82, 2.24) is 5.32 Å². The first-order valence-corrected chi connectivity index (χ1v) is 5.93. The quantitative estimate of drug-likeness (QED) is 0.793. The molecule has 0 radical (unpaired) electrons. The second kappa shape index (κ2) is 7.03. The molecule has 2 atom stereocenters. The molecule has 0 amide bonds. The van der Waals surface area contributed by atoms with Crippen LogP contribution in [0.3, 0.4) is 0 Å². The van der Waals surface area contributed by atoms with Gasteiger partial charge in [0, 0.05) is 12.6 Å². The first-order valence-electron chi connectivity index (χ1n) is 5.93. The van der Waals surface area contributed by atoms with E-state index < -0.39 is 0 Å². The van der Waals surface area contributed by atoms with Crippen LogP contribution >= 0.6 is 0 Å². The van der Waals surface area contributed by atoms with Gasteiger partial charge in [0.25, 0.3) is 0 Å². The summed E-state index contributed by atoms with van der Waals surface area (Å²) in [5.41, 5.74) is 1.35. The molecule has 2 heteroatoms. The Hall–Kier alpha value is -1.33. The minimum Gasteiger partial charge on any atom is -0.312 e. The number of nitrogens with zero attached hydrogens (tertiary/aromatic N) is 1. The SMILES string of the molecule is CCC(Cc1ccccc1)NCC(C)C#N. The molecule has 1 N–H and O–H groups in total. The molecule has 1 aromatic carbocycles. The van der Waals surface area contributed by atoms with Gasteiger partial charge in [-0.05, 0) is 25.3 Å². The average molecular weight is 216 g/mol. The monoisotopic (exact) mass is 216 g/mol. The standard InChI is InChI=1S/C14H20N2/c1-3-14(16-11-12(2)10-15)9-13-7-5-4-6-8-13/h4-8,12,14,16H,3,9,11H2,1-2H3. The highest BCUT2D eigenvalue weighted by Crippen LogP contribution is 2.06. The Morgan fingerprint density at radius 2 is 2.00 bits per heavy atom. The van der Waals surface area contributed by atoms with Gasteiger partial charge in [0.1, 0.15) is 0 Å². The summed E-state index contributed by atoms with van der Waals surface area (Å²) in [5, 5.41) is 12.2. The number of hydrogen-bond donors (Lipinski definition) is 1. The molecule has 2 unspecified atom stereocenters. The van der Waals surface area contributed by atoms with Crippen molar-refractivity contribution in [2.75, 3.05) is 6.54 Å². The van der Waals surface area contributed by atoms with E-state index in [4.69, 9.17) is 5.26 Å². The van der Waals surface area contributed by atoms with Gasteiger partial charge in [-0.3, -0.25) is 0 Å². The van der Waals surface area contributed by atoms with E-state index in [1.165, 1.54) is 5.56 Å². The van der Waals surface area contributed by atoms with Crippen LogP contribution in [0.15, 0.2) is 30.3 Å². The molecule has 2 nitrogen and oxygen atoms in total. The number of rotatable bonds is 6. The van der Waals surface area contributed by atoms with Crippen molar-refractivity contribution >= 4 is 0 Å². The third kappa shape index (κ3) is 4.46. The Morgan fingerprint density at radius 3 is 2.56 bits per heavy atom. The van der Waals surface area contributed by atoms with E-state index in [2.05, 4.69) is 42.6 Å². The fourth-order valence-corrected chi connectivity index (χ4v) is 1.65. The van der Waals surface area contributed by atoms with Crippen LogP contribution in [0.1, 0.15) is 25.8 Å². The third-order valence-electron chi connectivity index (χ3n) is 2.75. The number of nitrogens with one attached hydrogen (secondary N) is 1. The lowest BCUT2D eigenvalue weighted by atomic mass is 10.0. The lowest BCUT2D eigenvalue weighted by molar-refractivity contribution is 0.469. The number of hydrogen-bond acceptors (Lipinski definition) is 2. The molecule has 0 aliphatic carbocycles. The molecule has 0 saturated heterocycles. The zero-order valence-electron chi connectivity index (χ0n) is 10.1. The maximum atomic E-state index is 8.72. The fraction of sp³-hybridized carbons (Fsp3) is 0.500. The minimum absolute atomic E-state index is 0.0878. The maximum Gasteiger partial charge on any atom is 0.0666 e. The largest absolute Gasteiger partial charge is 0.312 e. The molecule has 1 aromatic rings. The molecule has 0 aromatic heterocycles. The topological polar surface area (TPSA) is 35.8 Å². The lowest BCUT2D eigenvalue weighted by Crippen LogP contribution is -2.33. The third-order valence-corrected chi connectivity index (χ3v) is 2.75. The van der Waals surface area contributed by atoms with Crippen molar-refractivity contribution in [3.8, 4) is 6.07 Å². The Kier molecular flexibility index (Phi) is 5.60. The van der Waals surface area contributed by atoms with Crippen molar-refractivity contribution in [3.05, 3.63) is 35.9 Å². The van der Waals surface area contributed by atoms with Gasteiger partial charge in [-0.2, -0.15) is 5.26 Å². The second-order valence-corrected chi connectivity index (χ2v) is 4.23. The highest BCUT2D eigenvalue weighted by Gasteiger charge is 2.08. The predicted octanol–water partition coefficient (Wildman–Crippen LogP) is 2.76. The van der Waals surface area contributed by atoms with Gasteiger partial charge >= 0.3 is 0 Å². The van der Waals surface area contributed by atoms with E-state index in [0.717, 1.165) is 19.4 Å². The van der Waals surface area contributed by atoms with Gasteiger partial charge in [-0.15, -0.1) is 0 Å². The minimum atomic E-state index is 0.0878. The molecule has 86 valence electrons. The Balaban J connectivity index is 2.41. The molecular weight excluding hydrogens is 196 g/mol. The molecule has 0 fully saturated rings. The molecule has 0 aliphatic heterocycles. The van der Waals surface area contributed by atoms with Crippen molar-refractivity contribution in [2.24, 2.45) is 5.92 Å². The molecule has 0 aliphatic rings. The van der Waals surface area contributed by atoms with E-state index in [1.54, 1.807) is 0 Å². The van der Waals surface area contributed by atoms with Crippen LogP contribution in [-0.4, -0.2) is 12.6 Å². The van der Waals surface area contributed by atoms with E-state index in [-0.39, 0.29) is 5.92 Å². The van der Waals surface area contributed by atoms with Crippen molar-refractivity contribution in [1.29, 1.82) is 5.26 Å². The number of nitriles is 1. The van der Waals surface area contributed by atoms with Gasteiger partial charge in [0.2, 0.25) is 0 Å². The zero-order valence-corrected chi connectivity index (χ0v) is 10.1. The Labute approximate surface area is 98.3 Å². The molecule has 0 bridgehead atoms. The van der Waals surface area contributed by atoms with E-state index in [9.17, 15) is 0 Å². The highest BCUT2D eigenvalue weighted by molar-refractivity contribution is 5.15. The first kappa shape index (κ1) is 12.7. The summed E-state index contributed by atoms with van der Waals surface area (Å²) in [6.07, 6.45) is 2.13. The summed E-state index contributed by atoms with van der Waals surface area (Å²) in [4.78, 5) is 0. The van der Waals surface area contributed by atoms with Crippen LogP contribution in [0, 0.1) is 17.2 Å². The molecular formula is C14H20N2. The smallest absolute Gasteiger partial charge is 0.0666 e. The van der Waals surface area contributed by atoms with Crippen LogP contribution in [0.2, 0.25) is 0 Å². The van der Waals surface area contributed by atoms with Gasteiger partial charge in [0.05, 0.1) is 12.0 Å². The summed E-state index contributed by atoms with van der Waals surface area (Å²) in [6, 6.07) is 13.2. The fourth-order valence-electron chi connectivity index (χ4n) is 1.65. The van der Waals surface area contributed by atoms with Gasteiger partial charge < -0.3 is 5.32 Å². The zero-order chi connectivity index (χ0) is 11.8. The van der Waals surface area contributed by atoms with Crippen LogP contribution < -0.4 is 5.32 Å². The Bertz CT molecular complexity index is 326. The summed E-state index contributed by atoms with van der Waals surface area (Å²) in [6.45, 7) is 4.90. The highest BCUT2D eigenvalue weighted by atomic mass is 14.9. The van der Waals surface area contributed by atoms with Crippen LogP contribution in [-0.2, 0) is 6.42 Å². The van der Waals surface area contributed by atoms with Crippen LogP contribution in [0.25, 0.3) is 0 Å². The molecule has 1 rings (SSSR count). The van der Waals surface area contributed by atoms with E-state index >= 15 is 0 Å². The van der Waals surface area contributed by atoms with E-state index in [1.807, 2.05) is 13.0 Å². The van der Waals surface area contributed by atoms with Gasteiger partial charge in [0.15, 0.2) is 0 Å². The molecule has 0 heterocycles. The van der Waals surface area contributed by atoms with Crippen LogP contribution in [0.4, 0.5) is 0 Å². The molecule has 16 heavy (non-hydrogen) atoms. The van der Waals surface area contributed by atoms with E-state index in [0.29, 0.717) is 6.04 Å². The summed E-state index contributed by atoms with van der Waals surface area (Å²) < 4.78 is 0. The molecule has 0 saturated carbocycles. The van der Waals surface area contributed by atoms with Gasteiger partial charge in [-0.1, -0.05) is 37.3 Å². The summed E-state index contributed by atoms with van der Waals surface area (Å²) >= 11 is 0. The predicted molar refractivity (Wildman–Crippen MR) is 67.0 cm³/mol. The van der Waals surface area contributed by atoms with Crippen molar-refractivity contribution in [3.63, 3.8) is 0 Å². The van der Waals surface area contributed by atoms with Crippen LogP contribution in [0.5, 0.6) is 0 Å². The van der Waals surface area contributed by atoms with Crippen molar-refractivity contribution < 1.29 is 0 Å². The molecule has 0 spiro atoms. The maximum absolute atomic E-state index is 8.72. The summed E-state index contributed by atoms with van der Waals surface area (Å²) in [7, 11) is 0. The first-order chi connectivity index (χ1) is 7.76. The van der Waals surface area contributed by atoms with Crippen molar-refractivity contribution in [2.45, 2.75) is 32.7 Å². The Morgan fingerprint density at radius 1 is 1.31 bits per heavy atom. The average Bonchev–Trinajstić information content (AvgIpc) is 2.35. The summed E-state index contributed by atoms with van der Waals surface area (Å²) in [5.74, 6) is 0.0878. The second-order valence-electron chi connectivity index (χ2n) is 4.23.